The average molecular weight is 341 g/mol. The van der Waals surface area contributed by atoms with Crippen LogP contribution in [-0.4, -0.2) is 24.6 Å². The molecule has 2 rings (SSSR count). The molecule has 0 radical (unpaired) electrons. The van der Waals surface area contributed by atoms with Crippen molar-refractivity contribution in [1.29, 1.82) is 0 Å². The first-order chi connectivity index (χ1) is 11.9. The fourth-order valence-corrected chi connectivity index (χ4v) is 2.23. The zero-order valence-electron chi connectivity index (χ0n) is 15.0. The topological polar surface area (TPSA) is 64.6 Å². The van der Waals surface area contributed by atoms with Crippen molar-refractivity contribution in [1.82, 2.24) is 0 Å². The van der Waals surface area contributed by atoms with E-state index in [4.69, 9.17) is 9.47 Å². The second-order valence-electron chi connectivity index (χ2n) is 6.07. The molecule has 2 aromatic rings. The van der Waals surface area contributed by atoms with Crippen LogP contribution in [0, 0.1) is 13.8 Å². The molecular weight excluding hydrogens is 318 g/mol. The third-order valence-electron chi connectivity index (χ3n) is 3.64. The van der Waals surface area contributed by atoms with Crippen molar-refractivity contribution in [3.8, 4) is 5.75 Å². The van der Waals surface area contributed by atoms with Crippen LogP contribution in [0.15, 0.2) is 42.5 Å². The summed E-state index contributed by atoms with van der Waals surface area (Å²) in [6.45, 7) is 7.41. The summed E-state index contributed by atoms with van der Waals surface area (Å²) in [7, 11) is 0. The maximum absolute atomic E-state index is 12.1. The lowest BCUT2D eigenvalue weighted by Crippen LogP contribution is -2.20. The van der Waals surface area contributed by atoms with Gasteiger partial charge in [0.05, 0.1) is 11.7 Å². The highest BCUT2D eigenvalue weighted by Gasteiger charge is 2.11. The Morgan fingerprint density at radius 2 is 1.80 bits per heavy atom. The van der Waals surface area contributed by atoms with Gasteiger partial charge in [-0.05, 0) is 63.1 Å². The highest BCUT2D eigenvalue weighted by atomic mass is 16.5. The first kappa shape index (κ1) is 18.5. The largest absolute Gasteiger partial charge is 0.483 e. The van der Waals surface area contributed by atoms with Crippen LogP contribution in [0.3, 0.4) is 0 Å². The molecule has 0 atom stereocenters. The van der Waals surface area contributed by atoms with Crippen molar-refractivity contribution >= 4 is 17.6 Å². The Bertz CT molecular complexity index is 768. The first-order valence-electron chi connectivity index (χ1n) is 8.16. The van der Waals surface area contributed by atoms with Crippen LogP contribution in [0.4, 0.5) is 5.69 Å². The second kappa shape index (κ2) is 8.33. The summed E-state index contributed by atoms with van der Waals surface area (Å²) in [6.07, 6.45) is -0.197. The van der Waals surface area contributed by atoms with Crippen LogP contribution in [0.1, 0.15) is 35.3 Å². The zero-order valence-corrected chi connectivity index (χ0v) is 15.0. The van der Waals surface area contributed by atoms with Gasteiger partial charge in [-0.2, -0.15) is 0 Å². The van der Waals surface area contributed by atoms with E-state index in [0.29, 0.717) is 17.0 Å². The number of amides is 1. The Labute approximate surface area is 148 Å². The molecule has 0 spiro atoms. The predicted molar refractivity (Wildman–Crippen MR) is 97.0 cm³/mol. The van der Waals surface area contributed by atoms with Gasteiger partial charge in [-0.25, -0.2) is 4.79 Å². The van der Waals surface area contributed by atoms with E-state index >= 15 is 0 Å². The summed E-state index contributed by atoms with van der Waals surface area (Å²) in [4.78, 5) is 24.0. The van der Waals surface area contributed by atoms with Gasteiger partial charge in [0.25, 0.3) is 5.91 Å². The van der Waals surface area contributed by atoms with Crippen molar-refractivity contribution in [3.05, 3.63) is 59.2 Å². The van der Waals surface area contributed by atoms with Crippen molar-refractivity contribution < 1.29 is 19.1 Å². The minimum atomic E-state index is -0.419. The number of nitrogens with one attached hydrogen (secondary N) is 1. The number of aryl methyl sites for hydroxylation is 1. The lowest BCUT2D eigenvalue weighted by molar-refractivity contribution is -0.118. The summed E-state index contributed by atoms with van der Waals surface area (Å²) >= 11 is 0. The monoisotopic (exact) mass is 341 g/mol. The number of carbonyl (C=O) groups is 2. The molecule has 0 aliphatic carbocycles. The molecule has 1 amide bonds. The number of hydrogen-bond acceptors (Lipinski definition) is 4. The first-order valence-corrected chi connectivity index (χ1v) is 8.16. The summed E-state index contributed by atoms with van der Waals surface area (Å²) in [5.41, 5.74) is 3.03. The van der Waals surface area contributed by atoms with Crippen molar-refractivity contribution in [2.75, 3.05) is 11.9 Å². The fraction of sp³-hybridized carbons (Fsp3) is 0.300. The van der Waals surface area contributed by atoms with E-state index in [1.807, 2.05) is 32.0 Å². The van der Waals surface area contributed by atoms with Gasteiger partial charge in [-0.1, -0.05) is 18.2 Å². The predicted octanol–water partition coefficient (Wildman–Crippen LogP) is 3.89. The number of ether oxygens (including phenoxy) is 2. The van der Waals surface area contributed by atoms with E-state index in [9.17, 15) is 9.59 Å². The molecule has 2 aromatic carbocycles. The van der Waals surface area contributed by atoms with E-state index in [1.165, 1.54) is 0 Å². The molecule has 0 heterocycles. The van der Waals surface area contributed by atoms with Crippen molar-refractivity contribution in [3.63, 3.8) is 0 Å². The van der Waals surface area contributed by atoms with E-state index in [1.54, 1.807) is 38.1 Å². The number of rotatable bonds is 6. The van der Waals surface area contributed by atoms with Crippen LogP contribution >= 0.6 is 0 Å². The Hall–Kier alpha value is -2.82. The van der Waals surface area contributed by atoms with E-state index in [0.717, 1.165) is 11.1 Å². The minimum Gasteiger partial charge on any atom is -0.483 e. The van der Waals surface area contributed by atoms with Gasteiger partial charge >= 0.3 is 5.97 Å². The Kier molecular flexibility index (Phi) is 6.17. The summed E-state index contributed by atoms with van der Waals surface area (Å²) in [5.74, 6) is -0.0302. The third-order valence-corrected chi connectivity index (χ3v) is 3.64. The molecule has 0 aliphatic rings. The number of anilines is 1. The molecule has 132 valence electrons. The molecule has 0 bridgehead atoms. The molecular formula is C20H23NO4. The molecule has 5 heteroatoms. The number of esters is 1. The molecule has 0 fully saturated rings. The van der Waals surface area contributed by atoms with Crippen LogP contribution in [0.25, 0.3) is 0 Å². The molecule has 0 saturated carbocycles. The quantitative estimate of drug-likeness (QED) is 0.810. The summed E-state index contributed by atoms with van der Waals surface area (Å²) in [5, 5.41) is 2.72. The SMILES string of the molecule is Cc1cccc(OCC(=O)Nc2cccc(C(=O)OC(C)C)c2)c1C. The Balaban J connectivity index is 1.96. The number of benzene rings is 2. The van der Waals surface area contributed by atoms with Crippen molar-refractivity contribution in [2.45, 2.75) is 33.8 Å². The van der Waals surface area contributed by atoms with Gasteiger partial charge in [0.15, 0.2) is 6.61 Å². The van der Waals surface area contributed by atoms with Crippen LogP contribution < -0.4 is 10.1 Å². The minimum absolute atomic E-state index is 0.106. The standard InChI is InChI=1S/C20H23NO4/c1-13(2)25-20(23)16-8-6-9-17(11-16)21-19(22)12-24-18-10-5-7-14(3)15(18)4/h5-11,13H,12H2,1-4H3,(H,21,22). The molecule has 0 saturated heterocycles. The molecule has 0 unspecified atom stereocenters. The van der Waals surface area contributed by atoms with Gasteiger partial charge < -0.3 is 14.8 Å². The maximum atomic E-state index is 12.1. The van der Waals surface area contributed by atoms with Gasteiger partial charge in [0.1, 0.15) is 5.75 Å². The van der Waals surface area contributed by atoms with Crippen molar-refractivity contribution in [2.24, 2.45) is 0 Å². The third kappa shape index (κ3) is 5.35. The van der Waals surface area contributed by atoms with E-state index in [2.05, 4.69) is 5.32 Å². The van der Waals surface area contributed by atoms with Crippen LogP contribution in [-0.2, 0) is 9.53 Å². The lowest BCUT2D eigenvalue weighted by atomic mass is 10.1. The Morgan fingerprint density at radius 1 is 1.08 bits per heavy atom. The van der Waals surface area contributed by atoms with Crippen LogP contribution in [0.5, 0.6) is 5.75 Å². The molecule has 0 aromatic heterocycles. The molecule has 5 nitrogen and oxygen atoms in total. The highest BCUT2D eigenvalue weighted by Crippen LogP contribution is 2.20. The average Bonchev–Trinajstić information content (AvgIpc) is 2.56. The lowest BCUT2D eigenvalue weighted by Gasteiger charge is -2.12. The Morgan fingerprint density at radius 3 is 2.52 bits per heavy atom. The maximum Gasteiger partial charge on any atom is 0.338 e. The smallest absolute Gasteiger partial charge is 0.338 e. The zero-order chi connectivity index (χ0) is 18.4. The highest BCUT2D eigenvalue weighted by molar-refractivity contribution is 5.95. The van der Waals surface area contributed by atoms with Gasteiger partial charge in [0.2, 0.25) is 0 Å². The van der Waals surface area contributed by atoms with Crippen LogP contribution in [0.2, 0.25) is 0 Å². The van der Waals surface area contributed by atoms with Gasteiger partial charge in [0, 0.05) is 5.69 Å². The fourth-order valence-electron chi connectivity index (χ4n) is 2.23. The molecule has 25 heavy (non-hydrogen) atoms. The number of carbonyl (C=O) groups excluding carboxylic acids is 2. The normalized spacial score (nSPS) is 10.4. The molecule has 1 N–H and O–H groups in total. The summed E-state index contributed by atoms with van der Waals surface area (Å²) in [6, 6.07) is 12.3. The molecule has 0 aliphatic heterocycles. The van der Waals surface area contributed by atoms with Gasteiger partial charge in [-0.3, -0.25) is 4.79 Å². The number of hydrogen-bond donors (Lipinski definition) is 1. The van der Waals surface area contributed by atoms with E-state index < -0.39 is 5.97 Å². The van der Waals surface area contributed by atoms with E-state index in [-0.39, 0.29) is 18.6 Å². The summed E-state index contributed by atoms with van der Waals surface area (Å²) < 4.78 is 10.7. The van der Waals surface area contributed by atoms with Gasteiger partial charge in [-0.15, -0.1) is 0 Å². The second-order valence-corrected chi connectivity index (χ2v) is 6.07.